The van der Waals surface area contributed by atoms with Crippen molar-refractivity contribution in [2.24, 2.45) is 0 Å². The van der Waals surface area contributed by atoms with Gasteiger partial charge < -0.3 is 9.47 Å². The van der Waals surface area contributed by atoms with Crippen molar-refractivity contribution in [1.82, 2.24) is 0 Å². The molecule has 0 saturated carbocycles. The molecule has 0 aromatic rings. The van der Waals surface area contributed by atoms with E-state index in [1.54, 1.807) is 6.92 Å². The van der Waals surface area contributed by atoms with Gasteiger partial charge in [0.15, 0.2) is 0 Å². The second-order valence-corrected chi connectivity index (χ2v) is 2.76. The number of rotatable bonds is 5. The summed E-state index contributed by atoms with van der Waals surface area (Å²) in [6, 6.07) is 0. The summed E-state index contributed by atoms with van der Waals surface area (Å²) in [6.07, 6.45) is -0.640. The lowest BCUT2D eigenvalue weighted by Crippen LogP contribution is -2.31. The average Bonchev–Trinajstić information content (AvgIpc) is 1.99. The van der Waals surface area contributed by atoms with E-state index >= 15 is 0 Å². The molecule has 5 heteroatoms. The molecule has 0 amide bonds. The number of alkyl halides is 2. The molecular weight excluding hydrogens is 182 g/mol. The zero-order chi connectivity index (χ0) is 10.5. The Morgan fingerprint density at radius 3 is 2.46 bits per heavy atom. The van der Waals surface area contributed by atoms with Crippen LogP contribution in [0.25, 0.3) is 0 Å². The van der Waals surface area contributed by atoms with E-state index in [4.69, 9.17) is 4.74 Å². The molecular formula is C8H14F2O3. The number of hydrogen-bond donors (Lipinski definition) is 0. The lowest BCUT2D eigenvalue weighted by atomic mass is 10.4. The summed E-state index contributed by atoms with van der Waals surface area (Å²) in [5, 5.41) is 0. The topological polar surface area (TPSA) is 35.5 Å². The molecule has 0 aliphatic rings. The van der Waals surface area contributed by atoms with Crippen LogP contribution in [0.3, 0.4) is 0 Å². The standard InChI is InChI=1S/C8H14F2O3/c1-4-12-5-6(2)13-7(11)8(3,9)10/h6H,4-5H2,1-3H3. The molecule has 0 aliphatic carbocycles. The van der Waals surface area contributed by atoms with Gasteiger partial charge in [0.2, 0.25) is 0 Å². The maximum atomic E-state index is 12.3. The Balaban J connectivity index is 3.79. The molecule has 0 aromatic heterocycles. The molecule has 0 N–H and O–H groups in total. The molecule has 13 heavy (non-hydrogen) atoms. The second-order valence-electron chi connectivity index (χ2n) is 2.76. The first-order valence-electron chi connectivity index (χ1n) is 4.04. The maximum absolute atomic E-state index is 12.3. The van der Waals surface area contributed by atoms with Gasteiger partial charge in [0.05, 0.1) is 6.61 Å². The SMILES string of the molecule is CCOCC(C)OC(=O)C(C)(F)F. The van der Waals surface area contributed by atoms with Gasteiger partial charge in [-0.25, -0.2) is 4.79 Å². The summed E-state index contributed by atoms with van der Waals surface area (Å²) in [5.74, 6) is -4.94. The van der Waals surface area contributed by atoms with Crippen LogP contribution in [0.5, 0.6) is 0 Å². The Bertz CT molecular complexity index is 165. The van der Waals surface area contributed by atoms with E-state index in [9.17, 15) is 13.6 Å². The molecule has 0 rings (SSSR count). The molecule has 0 bridgehead atoms. The number of carbonyl (C=O) groups is 1. The molecule has 0 aromatic carbocycles. The van der Waals surface area contributed by atoms with Gasteiger partial charge in [-0.05, 0) is 13.8 Å². The van der Waals surface area contributed by atoms with Gasteiger partial charge in [-0.1, -0.05) is 0 Å². The molecule has 1 unspecified atom stereocenters. The van der Waals surface area contributed by atoms with Crippen molar-refractivity contribution in [3.05, 3.63) is 0 Å². The van der Waals surface area contributed by atoms with Crippen molar-refractivity contribution in [3.8, 4) is 0 Å². The minimum absolute atomic E-state index is 0.137. The van der Waals surface area contributed by atoms with Crippen molar-refractivity contribution in [1.29, 1.82) is 0 Å². The van der Waals surface area contributed by atoms with Crippen molar-refractivity contribution in [3.63, 3.8) is 0 Å². The van der Waals surface area contributed by atoms with E-state index in [0.29, 0.717) is 13.5 Å². The highest BCUT2D eigenvalue weighted by Gasteiger charge is 2.35. The van der Waals surface area contributed by atoms with Crippen LogP contribution in [-0.2, 0) is 14.3 Å². The third kappa shape index (κ3) is 5.52. The van der Waals surface area contributed by atoms with Crippen LogP contribution in [0, 0.1) is 0 Å². The van der Waals surface area contributed by atoms with Gasteiger partial charge in [-0.2, -0.15) is 8.78 Å². The minimum atomic E-state index is -3.43. The Morgan fingerprint density at radius 2 is 2.08 bits per heavy atom. The zero-order valence-electron chi connectivity index (χ0n) is 7.97. The molecule has 78 valence electrons. The fraction of sp³-hybridized carbons (Fsp3) is 0.875. The van der Waals surface area contributed by atoms with Crippen LogP contribution in [0.4, 0.5) is 8.78 Å². The van der Waals surface area contributed by atoms with Gasteiger partial charge >= 0.3 is 11.9 Å². The third-order valence-corrected chi connectivity index (χ3v) is 1.22. The molecule has 1 atom stereocenters. The Labute approximate surface area is 76.0 Å². The van der Waals surface area contributed by atoms with Gasteiger partial charge in [-0.3, -0.25) is 0 Å². The van der Waals surface area contributed by atoms with Crippen LogP contribution in [0.15, 0.2) is 0 Å². The summed E-state index contributed by atoms with van der Waals surface area (Å²) in [7, 11) is 0. The highest BCUT2D eigenvalue weighted by atomic mass is 19.3. The Hall–Kier alpha value is -0.710. The van der Waals surface area contributed by atoms with Crippen LogP contribution in [0.2, 0.25) is 0 Å². The fourth-order valence-corrected chi connectivity index (χ4v) is 0.604. The van der Waals surface area contributed by atoms with Gasteiger partial charge in [-0.15, -0.1) is 0 Å². The Morgan fingerprint density at radius 1 is 1.54 bits per heavy atom. The molecule has 0 spiro atoms. The van der Waals surface area contributed by atoms with Crippen LogP contribution >= 0.6 is 0 Å². The van der Waals surface area contributed by atoms with E-state index in [-0.39, 0.29) is 6.61 Å². The maximum Gasteiger partial charge on any atom is 0.377 e. The first-order valence-corrected chi connectivity index (χ1v) is 4.04. The predicted molar refractivity (Wildman–Crippen MR) is 42.7 cm³/mol. The average molecular weight is 196 g/mol. The minimum Gasteiger partial charge on any atom is -0.456 e. The lowest BCUT2D eigenvalue weighted by molar-refractivity contribution is -0.176. The second kappa shape index (κ2) is 5.11. The quantitative estimate of drug-likeness (QED) is 0.626. The van der Waals surface area contributed by atoms with Crippen molar-refractivity contribution in [2.75, 3.05) is 13.2 Å². The number of ether oxygens (including phenoxy) is 2. The summed E-state index contributed by atoms with van der Waals surface area (Å²) in [5.41, 5.74) is 0. The number of carbonyl (C=O) groups excluding carboxylic acids is 1. The largest absolute Gasteiger partial charge is 0.456 e. The highest BCUT2D eigenvalue weighted by Crippen LogP contribution is 2.14. The summed E-state index contributed by atoms with van der Waals surface area (Å²) < 4.78 is 33.9. The van der Waals surface area contributed by atoms with Crippen molar-refractivity contribution >= 4 is 5.97 Å². The summed E-state index contributed by atoms with van der Waals surface area (Å²) in [4.78, 5) is 10.6. The first kappa shape index (κ1) is 12.3. The van der Waals surface area contributed by atoms with E-state index in [2.05, 4.69) is 4.74 Å². The van der Waals surface area contributed by atoms with E-state index in [1.165, 1.54) is 6.92 Å². The summed E-state index contributed by atoms with van der Waals surface area (Å²) in [6.45, 7) is 4.37. The molecule has 0 saturated heterocycles. The molecule has 0 fully saturated rings. The molecule has 0 radical (unpaired) electrons. The van der Waals surface area contributed by atoms with E-state index < -0.39 is 18.0 Å². The van der Waals surface area contributed by atoms with E-state index in [1.807, 2.05) is 0 Å². The van der Waals surface area contributed by atoms with Crippen molar-refractivity contribution in [2.45, 2.75) is 32.8 Å². The van der Waals surface area contributed by atoms with Crippen molar-refractivity contribution < 1.29 is 23.0 Å². The highest BCUT2D eigenvalue weighted by molar-refractivity contribution is 5.77. The van der Waals surface area contributed by atoms with Crippen LogP contribution < -0.4 is 0 Å². The summed E-state index contributed by atoms with van der Waals surface area (Å²) >= 11 is 0. The first-order chi connectivity index (χ1) is 5.88. The van der Waals surface area contributed by atoms with Gasteiger partial charge in [0.1, 0.15) is 6.10 Å². The number of hydrogen-bond acceptors (Lipinski definition) is 3. The molecule has 0 aliphatic heterocycles. The van der Waals surface area contributed by atoms with Gasteiger partial charge in [0, 0.05) is 13.5 Å². The fourth-order valence-electron chi connectivity index (χ4n) is 0.604. The zero-order valence-corrected chi connectivity index (χ0v) is 7.97. The van der Waals surface area contributed by atoms with Crippen LogP contribution in [-0.4, -0.2) is 31.2 Å². The van der Waals surface area contributed by atoms with Gasteiger partial charge in [0.25, 0.3) is 0 Å². The molecule has 0 heterocycles. The van der Waals surface area contributed by atoms with E-state index in [0.717, 1.165) is 0 Å². The predicted octanol–water partition coefficient (Wildman–Crippen LogP) is 1.61. The monoisotopic (exact) mass is 196 g/mol. The smallest absolute Gasteiger partial charge is 0.377 e. The van der Waals surface area contributed by atoms with Crippen LogP contribution in [0.1, 0.15) is 20.8 Å². The number of halogens is 2. The Kier molecular flexibility index (Phi) is 4.83. The lowest BCUT2D eigenvalue weighted by Gasteiger charge is -2.15. The normalized spacial score (nSPS) is 13.9. The third-order valence-electron chi connectivity index (χ3n) is 1.22. The number of esters is 1. The molecule has 3 nitrogen and oxygen atoms in total.